The smallest absolute Gasteiger partial charge is 0.149 e. The summed E-state index contributed by atoms with van der Waals surface area (Å²) in [5.41, 5.74) is 3.01. The minimum absolute atomic E-state index is 0.549. The molecule has 0 radical (unpaired) electrons. The zero-order valence-corrected chi connectivity index (χ0v) is 15.0. The number of aryl methyl sites for hydroxylation is 2. The highest BCUT2D eigenvalue weighted by Crippen LogP contribution is 2.23. The lowest BCUT2D eigenvalue weighted by atomic mass is 10.2. The second-order valence-electron chi connectivity index (χ2n) is 5.79. The van der Waals surface area contributed by atoms with Crippen LogP contribution in [0.2, 0.25) is 5.02 Å². The molecule has 128 valence electrons. The summed E-state index contributed by atoms with van der Waals surface area (Å²) in [4.78, 5) is 8.61. The van der Waals surface area contributed by atoms with Gasteiger partial charge in [0, 0.05) is 6.54 Å². The highest BCUT2D eigenvalue weighted by Gasteiger charge is 2.08. The van der Waals surface area contributed by atoms with Crippen LogP contribution < -0.4 is 10.1 Å². The highest BCUT2D eigenvalue weighted by atomic mass is 35.5. The summed E-state index contributed by atoms with van der Waals surface area (Å²) in [6.07, 6.45) is 0. The molecule has 3 aromatic rings. The van der Waals surface area contributed by atoms with Gasteiger partial charge in [-0.2, -0.15) is 0 Å². The van der Waals surface area contributed by atoms with Gasteiger partial charge in [0.2, 0.25) is 0 Å². The Balaban J connectivity index is 1.64. The number of benzene rings is 2. The van der Waals surface area contributed by atoms with Crippen LogP contribution in [0.3, 0.4) is 0 Å². The molecule has 0 unspecified atom stereocenters. The Labute approximate surface area is 152 Å². The first-order valence-corrected chi connectivity index (χ1v) is 8.50. The van der Waals surface area contributed by atoms with E-state index >= 15 is 0 Å². The molecule has 0 aliphatic heterocycles. The number of rotatable bonds is 6. The number of halogens is 1. The summed E-state index contributed by atoms with van der Waals surface area (Å²) < 4.78 is 5.87. The van der Waals surface area contributed by atoms with Crippen LogP contribution in [0.4, 0.5) is 5.82 Å². The number of hydrogen-bond donors (Lipinski definition) is 1. The molecule has 0 saturated heterocycles. The predicted octanol–water partition coefficient (Wildman–Crippen LogP) is 4.94. The maximum Gasteiger partial charge on any atom is 0.149 e. The van der Waals surface area contributed by atoms with E-state index in [4.69, 9.17) is 16.3 Å². The Kier molecular flexibility index (Phi) is 5.51. The molecule has 0 aliphatic rings. The molecule has 0 saturated carbocycles. The van der Waals surface area contributed by atoms with E-state index < -0.39 is 0 Å². The van der Waals surface area contributed by atoms with Gasteiger partial charge in [0.15, 0.2) is 0 Å². The Morgan fingerprint density at radius 3 is 2.52 bits per heavy atom. The lowest BCUT2D eigenvalue weighted by Crippen LogP contribution is -2.05. The molecule has 0 bridgehead atoms. The lowest BCUT2D eigenvalue weighted by molar-refractivity contribution is 0.306. The molecular formula is C20H20ClN3O. The maximum absolute atomic E-state index is 6.27. The van der Waals surface area contributed by atoms with Crippen molar-refractivity contribution >= 4 is 17.4 Å². The molecule has 0 amide bonds. The quantitative estimate of drug-likeness (QED) is 0.682. The zero-order chi connectivity index (χ0) is 17.6. The van der Waals surface area contributed by atoms with Gasteiger partial charge in [-0.3, -0.25) is 0 Å². The SMILES string of the molecule is Cc1nc(C)c(Cl)c(NCc2cccc(OCc3ccccc3)c2)n1. The summed E-state index contributed by atoms with van der Waals surface area (Å²) in [7, 11) is 0. The fraction of sp³-hybridized carbons (Fsp3) is 0.200. The molecule has 4 nitrogen and oxygen atoms in total. The highest BCUT2D eigenvalue weighted by molar-refractivity contribution is 6.33. The predicted molar refractivity (Wildman–Crippen MR) is 101 cm³/mol. The number of aromatic nitrogens is 2. The molecule has 1 N–H and O–H groups in total. The van der Waals surface area contributed by atoms with Gasteiger partial charge in [-0.15, -0.1) is 0 Å². The van der Waals surface area contributed by atoms with Crippen LogP contribution >= 0.6 is 11.6 Å². The van der Waals surface area contributed by atoms with Crippen molar-refractivity contribution in [2.45, 2.75) is 27.0 Å². The van der Waals surface area contributed by atoms with Crippen molar-refractivity contribution in [2.24, 2.45) is 0 Å². The second kappa shape index (κ2) is 7.99. The fourth-order valence-electron chi connectivity index (χ4n) is 2.49. The molecule has 5 heteroatoms. The van der Waals surface area contributed by atoms with Gasteiger partial charge in [0.1, 0.15) is 29.0 Å². The van der Waals surface area contributed by atoms with Crippen molar-refractivity contribution in [3.05, 3.63) is 82.3 Å². The van der Waals surface area contributed by atoms with Crippen LogP contribution in [0, 0.1) is 13.8 Å². The topological polar surface area (TPSA) is 47.0 Å². The minimum atomic E-state index is 0.549. The Bertz CT molecular complexity index is 853. The van der Waals surface area contributed by atoms with E-state index in [1.54, 1.807) is 0 Å². The number of ether oxygens (including phenoxy) is 1. The second-order valence-corrected chi connectivity index (χ2v) is 6.17. The Hall–Kier alpha value is -2.59. The normalized spacial score (nSPS) is 10.5. The van der Waals surface area contributed by atoms with E-state index in [9.17, 15) is 0 Å². The van der Waals surface area contributed by atoms with Gasteiger partial charge >= 0.3 is 0 Å². The van der Waals surface area contributed by atoms with E-state index in [0.29, 0.717) is 29.8 Å². The first-order valence-electron chi connectivity index (χ1n) is 8.12. The Morgan fingerprint density at radius 1 is 0.960 bits per heavy atom. The zero-order valence-electron chi connectivity index (χ0n) is 14.3. The van der Waals surface area contributed by atoms with Crippen molar-refractivity contribution in [2.75, 3.05) is 5.32 Å². The van der Waals surface area contributed by atoms with Crippen LogP contribution in [0.25, 0.3) is 0 Å². The monoisotopic (exact) mass is 353 g/mol. The molecule has 0 spiro atoms. The average molecular weight is 354 g/mol. The Morgan fingerprint density at radius 2 is 1.72 bits per heavy atom. The molecule has 1 aromatic heterocycles. The first-order chi connectivity index (χ1) is 12.1. The van der Waals surface area contributed by atoms with Crippen molar-refractivity contribution in [3.8, 4) is 5.75 Å². The molecule has 0 atom stereocenters. The lowest BCUT2D eigenvalue weighted by Gasteiger charge is -2.11. The van der Waals surface area contributed by atoms with Gasteiger partial charge in [0.05, 0.1) is 5.69 Å². The van der Waals surface area contributed by atoms with E-state index in [1.807, 2.05) is 68.4 Å². The van der Waals surface area contributed by atoms with Crippen molar-refractivity contribution in [1.82, 2.24) is 9.97 Å². The van der Waals surface area contributed by atoms with E-state index in [2.05, 4.69) is 15.3 Å². The van der Waals surface area contributed by atoms with Crippen LogP contribution in [-0.2, 0) is 13.2 Å². The fourth-order valence-corrected chi connectivity index (χ4v) is 2.64. The number of nitrogens with zero attached hydrogens (tertiary/aromatic N) is 2. The van der Waals surface area contributed by atoms with Crippen LogP contribution in [0.5, 0.6) is 5.75 Å². The summed E-state index contributed by atoms with van der Waals surface area (Å²) in [6, 6.07) is 18.1. The summed E-state index contributed by atoms with van der Waals surface area (Å²) in [5, 5.41) is 3.83. The number of nitrogens with one attached hydrogen (secondary N) is 1. The van der Waals surface area contributed by atoms with E-state index in [0.717, 1.165) is 22.6 Å². The van der Waals surface area contributed by atoms with Gasteiger partial charge in [0.25, 0.3) is 0 Å². The van der Waals surface area contributed by atoms with Gasteiger partial charge in [-0.05, 0) is 37.1 Å². The molecule has 1 heterocycles. The molecular weight excluding hydrogens is 334 g/mol. The van der Waals surface area contributed by atoms with E-state index in [-0.39, 0.29) is 0 Å². The molecule has 0 fully saturated rings. The van der Waals surface area contributed by atoms with Gasteiger partial charge in [-0.25, -0.2) is 9.97 Å². The van der Waals surface area contributed by atoms with Crippen molar-refractivity contribution in [1.29, 1.82) is 0 Å². The largest absolute Gasteiger partial charge is 0.489 e. The number of anilines is 1. The van der Waals surface area contributed by atoms with E-state index in [1.165, 1.54) is 0 Å². The maximum atomic E-state index is 6.27. The third-order valence-corrected chi connectivity index (χ3v) is 4.19. The molecule has 2 aromatic carbocycles. The third kappa shape index (κ3) is 4.70. The molecule has 0 aliphatic carbocycles. The summed E-state index contributed by atoms with van der Waals surface area (Å²) in [6.45, 7) is 4.89. The van der Waals surface area contributed by atoms with Crippen molar-refractivity contribution in [3.63, 3.8) is 0 Å². The first kappa shape index (κ1) is 17.2. The molecule has 25 heavy (non-hydrogen) atoms. The van der Waals surface area contributed by atoms with Gasteiger partial charge in [-0.1, -0.05) is 54.1 Å². The summed E-state index contributed by atoms with van der Waals surface area (Å²) in [5.74, 6) is 2.19. The minimum Gasteiger partial charge on any atom is -0.489 e. The third-order valence-electron chi connectivity index (χ3n) is 3.74. The molecule has 3 rings (SSSR count). The average Bonchev–Trinajstić information content (AvgIpc) is 2.63. The van der Waals surface area contributed by atoms with Gasteiger partial charge < -0.3 is 10.1 Å². The summed E-state index contributed by atoms with van der Waals surface area (Å²) >= 11 is 6.27. The number of hydrogen-bond acceptors (Lipinski definition) is 4. The van der Waals surface area contributed by atoms with Crippen LogP contribution in [-0.4, -0.2) is 9.97 Å². The van der Waals surface area contributed by atoms with Crippen LogP contribution in [0.1, 0.15) is 22.6 Å². The van der Waals surface area contributed by atoms with Crippen LogP contribution in [0.15, 0.2) is 54.6 Å². The standard InChI is InChI=1S/C20H20ClN3O/c1-14-19(21)20(24-15(2)23-14)22-12-17-9-6-10-18(11-17)25-13-16-7-4-3-5-8-16/h3-11H,12-13H2,1-2H3,(H,22,23,24). The van der Waals surface area contributed by atoms with Crippen molar-refractivity contribution < 1.29 is 4.74 Å².